The summed E-state index contributed by atoms with van der Waals surface area (Å²) in [5.74, 6) is 0.954. The molecule has 1 aliphatic heterocycles. The molecule has 1 saturated heterocycles. The van der Waals surface area contributed by atoms with Crippen LogP contribution in [0.5, 0.6) is 11.5 Å². The van der Waals surface area contributed by atoms with Crippen LogP contribution in [0.4, 0.5) is 10.2 Å². The van der Waals surface area contributed by atoms with E-state index in [0.29, 0.717) is 47.7 Å². The van der Waals surface area contributed by atoms with Gasteiger partial charge in [0.1, 0.15) is 47.7 Å². The van der Waals surface area contributed by atoms with Crippen molar-refractivity contribution in [1.29, 1.82) is 0 Å². The van der Waals surface area contributed by atoms with Gasteiger partial charge in [0.15, 0.2) is 17.1 Å². The second-order valence-electron chi connectivity index (χ2n) is 14.5. The maximum absolute atomic E-state index is 15.9. The number of imidazole rings is 1. The number of anilines is 1. The SMILES string of the molecule is COc1ccc(CN(Cc2ccc(OC)cc2)c2nc3cc(CCC4=C[C@@H](n5ncc6c5ncn5ccnc65)[C@@H]5OC(C)(C)O[C@H]45)cc(F)c3cc2Cl)cc1. The molecule has 7 aromatic rings. The van der Waals surface area contributed by atoms with Crippen LogP contribution in [-0.4, -0.2) is 61.3 Å². The molecule has 5 heterocycles. The van der Waals surface area contributed by atoms with Gasteiger partial charge in [-0.15, -0.1) is 0 Å². The van der Waals surface area contributed by atoms with Crippen LogP contribution in [-0.2, 0) is 29.0 Å². The number of methoxy groups -OCH3 is 2. The van der Waals surface area contributed by atoms with E-state index in [2.05, 4.69) is 16.0 Å². The van der Waals surface area contributed by atoms with Crippen LogP contribution in [0.1, 0.15) is 43.0 Å². The van der Waals surface area contributed by atoms with Gasteiger partial charge in [-0.3, -0.25) is 4.40 Å². The molecule has 0 bridgehead atoms. The molecule has 3 atom stereocenters. The van der Waals surface area contributed by atoms with Crippen LogP contribution < -0.4 is 14.4 Å². The summed E-state index contributed by atoms with van der Waals surface area (Å²) in [7, 11) is 3.29. The summed E-state index contributed by atoms with van der Waals surface area (Å²) in [6, 6.07) is 20.7. The fourth-order valence-corrected chi connectivity index (χ4v) is 8.05. The molecule has 4 aromatic heterocycles. The standard InChI is InChI=1S/C42H39ClFN7O4/c1-42(2)54-37-28(19-36(38(37)55-42)51-40-32(21-47-51)39-45-15-16-49(39)24-46-40)10-5-27-17-34(44)31-20-33(43)41(48-35(31)18-27)50(22-25-6-11-29(52-3)12-7-25)23-26-8-13-30(53-4)14-9-26/h6-9,11-21,24,36-38H,5,10,22-23H2,1-4H3/t36-,37-,38+/m1/s1. The van der Waals surface area contributed by atoms with E-state index in [1.165, 1.54) is 0 Å². The first-order chi connectivity index (χ1) is 26.7. The summed E-state index contributed by atoms with van der Waals surface area (Å²) < 4.78 is 43.3. The summed E-state index contributed by atoms with van der Waals surface area (Å²) in [4.78, 5) is 16.3. The van der Waals surface area contributed by atoms with Crippen molar-refractivity contribution in [3.63, 3.8) is 0 Å². The lowest BCUT2D eigenvalue weighted by molar-refractivity contribution is -0.148. The monoisotopic (exact) mass is 759 g/mol. The van der Waals surface area contributed by atoms with Crippen LogP contribution in [0.2, 0.25) is 5.02 Å². The first-order valence-corrected chi connectivity index (χ1v) is 18.5. The van der Waals surface area contributed by atoms with Gasteiger partial charge >= 0.3 is 0 Å². The first kappa shape index (κ1) is 35.2. The number of hydrogen-bond donors (Lipinski definition) is 0. The number of aryl methyl sites for hydroxylation is 1. The van der Waals surface area contributed by atoms with E-state index < -0.39 is 5.79 Å². The summed E-state index contributed by atoms with van der Waals surface area (Å²) in [5, 5.41) is 6.34. The van der Waals surface area contributed by atoms with Crippen molar-refractivity contribution >= 4 is 45.0 Å². The van der Waals surface area contributed by atoms with Crippen molar-refractivity contribution in [2.24, 2.45) is 0 Å². The average molecular weight is 760 g/mol. The first-order valence-electron chi connectivity index (χ1n) is 18.2. The molecule has 0 unspecified atom stereocenters. The summed E-state index contributed by atoms with van der Waals surface area (Å²) in [6.07, 6.45) is 9.92. The van der Waals surface area contributed by atoms with E-state index in [0.717, 1.165) is 50.4 Å². The molecule has 11 nitrogen and oxygen atoms in total. The Morgan fingerprint density at radius 3 is 2.25 bits per heavy atom. The molecule has 13 heteroatoms. The minimum absolute atomic E-state index is 0.244. The number of pyridine rings is 1. The van der Waals surface area contributed by atoms with Crippen LogP contribution in [0.15, 0.2) is 103 Å². The Morgan fingerprint density at radius 2 is 1.56 bits per heavy atom. The van der Waals surface area contributed by atoms with E-state index in [-0.39, 0.29) is 24.1 Å². The highest BCUT2D eigenvalue weighted by Gasteiger charge is 2.51. The zero-order valence-electron chi connectivity index (χ0n) is 30.8. The molecule has 0 amide bonds. The fraction of sp³-hybridized carbons (Fsp3) is 0.286. The molecular formula is C42H39ClFN7O4. The van der Waals surface area contributed by atoms with Gasteiger partial charge in [0, 0.05) is 30.9 Å². The molecule has 0 radical (unpaired) electrons. The van der Waals surface area contributed by atoms with Crippen molar-refractivity contribution in [3.8, 4) is 11.5 Å². The number of benzene rings is 3. The molecule has 3 aromatic carbocycles. The zero-order chi connectivity index (χ0) is 37.8. The lowest BCUT2D eigenvalue weighted by atomic mass is 10.0. The van der Waals surface area contributed by atoms with Gasteiger partial charge < -0.3 is 23.8 Å². The fourth-order valence-electron chi connectivity index (χ4n) is 7.78. The van der Waals surface area contributed by atoms with Gasteiger partial charge in [0.25, 0.3) is 0 Å². The number of ether oxygens (including phenoxy) is 4. The molecular weight excluding hydrogens is 721 g/mol. The predicted octanol–water partition coefficient (Wildman–Crippen LogP) is 8.28. The molecule has 1 aliphatic carbocycles. The van der Waals surface area contributed by atoms with Crippen molar-refractivity contribution in [3.05, 3.63) is 131 Å². The van der Waals surface area contributed by atoms with Crippen LogP contribution in [0.25, 0.3) is 27.6 Å². The van der Waals surface area contributed by atoms with Crippen molar-refractivity contribution < 1.29 is 23.3 Å². The zero-order valence-corrected chi connectivity index (χ0v) is 31.6. The van der Waals surface area contributed by atoms with Gasteiger partial charge in [-0.2, -0.15) is 5.10 Å². The van der Waals surface area contributed by atoms with Crippen LogP contribution in [0.3, 0.4) is 0 Å². The largest absolute Gasteiger partial charge is 0.497 e. The second kappa shape index (κ2) is 13.9. The number of nitrogens with zero attached hydrogens (tertiary/aromatic N) is 7. The van der Waals surface area contributed by atoms with Gasteiger partial charge in [-0.1, -0.05) is 41.9 Å². The highest BCUT2D eigenvalue weighted by molar-refractivity contribution is 6.33. The molecule has 1 fully saturated rings. The summed E-state index contributed by atoms with van der Waals surface area (Å²) in [5.41, 5.74) is 6.02. The summed E-state index contributed by atoms with van der Waals surface area (Å²) >= 11 is 6.91. The molecule has 0 saturated carbocycles. The lowest BCUT2D eigenvalue weighted by Crippen LogP contribution is -2.28. The van der Waals surface area contributed by atoms with E-state index in [9.17, 15) is 0 Å². The van der Waals surface area contributed by atoms with Gasteiger partial charge in [-0.05, 0) is 91.4 Å². The van der Waals surface area contributed by atoms with Crippen molar-refractivity contribution in [1.82, 2.24) is 29.1 Å². The maximum atomic E-state index is 15.9. The molecule has 280 valence electrons. The van der Waals surface area contributed by atoms with Crippen molar-refractivity contribution in [2.45, 2.75) is 63.8 Å². The molecule has 0 N–H and O–H groups in total. The Kier molecular flexibility index (Phi) is 8.91. The number of aromatic nitrogens is 6. The summed E-state index contributed by atoms with van der Waals surface area (Å²) in [6.45, 7) is 4.88. The third-order valence-electron chi connectivity index (χ3n) is 10.4. The van der Waals surface area contributed by atoms with Gasteiger partial charge in [-0.25, -0.2) is 24.0 Å². The molecule has 9 rings (SSSR count). The quantitative estimate of drug-likeness (QED) is 0.121. The highest BCUT2D eigenvalue weighted by atomic mass is 35.5. The molecule has 55 heavy (non-hydrogen) atoms. The Labute approximate surface area is 321 Å². The highest BCUT2D eigenvalue weighted by Crippen LogP contribution is 2.45. The third-order valence-corrected chi connectivity index (χ3v) is 10.7. The normalized spacial score (nSPS) is 18.9. The van der Waals surface area contributed by atoms with E-state index in [1.54, 1.807) is 45.1 Å². The lowest BCUT2D eigenvalue weighted by Gasteiger charge is -2.26. The Hall–Kier alpha value is -5.56. The van der Waals surface area contributed by atoms with E-state index >= 15 is 4.39 Å². The predicted molar refractivity (Wildman–Crippen MR) is 208 cm³/mol. The second-order valence-corrected chi connectivity index (χ2v) is 14.9. The van der Waals surface area contributed by atoms with Crippen LogP contribution >= 0.6 is 11.6 Å². The van der Waals surface area contributed by atoms with Gasteiger partial charge in [0.05, 0.1) is 36.3 Å². The molecule has 0 spiro atoms. The van der Waals surface area contributed by atoms with Crippen LogP contribution in [0, 0.1) is 5.82 Å². The average Bonchev–Trinajstić information content (AvgIpc) is 3.97. The Morgan fingerprint density at radius 1 is 0.855 bits per heavy atom. The minimum atomic E-state index is -0.780. The smallest absolute Gasteiger partial charge is 0.164 e. The number of hydrogen-bond acceptors (Lipinski definition) is 9. The van der Waals surface area contributed by atoms with E-state index in [4.69, 9.17) is 45.6 Å². The maximum Gasteiger partial charge on any atom is 0.164 e. The Balaban J connectivity index is 1.02. The van der Waals surface area contributed by atoms with Gasteiger partial charge in [0.2, 0.25) is 0 Å². The minimum Gasteiger partial charge on any atom is -0.497 e. The number of fused-ring (bicyclic) bond motifs is 5. The Bertz CT molecular complexity index is 2520. The van der Waals surface area contributed by atoms with E-state index in [1.807, 2.05) is 83.7 Å². The topological polar surface area (TPSA) is 101 Å². The third kappa shape index (κ3) is 6.64. The number of halogens is 2. The van der Waals surface area contributed by atoms with Crippen molar-refractivity contribution in [2.75, 3.05) is 19.1 Å². The number of rotatable bonds is 11. The molecule has 2 aliphatic rings.